The molecule has 0 spiro atoms. The van der Waals surface area contributed by atoms with Gasteiger partial charge in [0, 0.05) is 6.04 Å². The Balaban J connectivity index is 2.88. The van der Waals surface area contributed by atoms with E-state index in [1.807, 2.05) is 13.8 Å². The third-order valence-electron chi connectivity index (χ3n) is 3.19. The summed E-state index contributed by atoms with van der Waals surface area (Å²) in [4.78, 5) is 16.7. The SMILES string of the molecule is CCC(C)n1cnc2c(OC)c(Cl)cc(Cl)c2c1=O. The number of halogens is 2. The van der Waals surface area contributed by atoms with Gasteiger partial charge in [0.2, 0.25) is 0 Å². The Morgan fingerprint density at radius 3 is 2.68 bits per heavy atom. The molecule has 0 N–H and O–H groups in total. The minimum atomic E-state index is -0.181. The third kappa shape index (κ3) is 2.30. The molecule has 0 aliphatic rings. The summed E-state index contributed by atoms with van der Waals surface area (Å²) < 4.78 is 6.76. The van der Waals surface area contributed by atoms with Crippen LogP contribution in [0.2, 0.25) is 10.0 Å². The van der Waals surface area contributed by atoms with Gasteiger partial charge < -0.3 is 4.74 Å². The van der Waals surface area contributed by atoms with Crippen LogP contribution in [0.4, 0.5) is 0 Å². The first-order valence-corrected chi connectivity index (χ1v) is 6.69. The maximum atomic E-state index is 12.5. The highest BCUT2D eigenvalue weighted by molar-refractivity contribution is 6.39. The van der Waals surface area contributed by atoms with Crippen molar-refractivity contribution in [3.63, 3.8) is 0 Å². The average Bonchev–Trinajstić information content (AvgIpc) is 2.38. The Kier molecular flexibility index (Phi) is 4.02. The molecular weight excluding hydrogens is 287 g/mol. The van der Waals surface area contributed by atoms with E-state index in [0.29, 0.717) is 21.7 Å². The van der Waals surface area contributed by atoms with Gasteiger partial charge in [0.05, 0.1) is 28.9 Å². The fourth-order valence-corrected chi connectivity index (χ4v) is 2.53. The predicted octanol–water partition coefficient (Wildman–Crippen LogP) is 3.68. The van der Waals surface area contributed by atoms with E-state index in [-0.39, 0.29) is 16.6 Å². The van der Waals surface area contributed by atoms with Crippen molar-refractivity contribution in [3.05, 3.63) is 32.8 Å². The summed E-state index contributed by atoms with van der Waals surface area (Å²) in [7, 11) is 1.48. The highest BCUT2D eigenvalue weighted by Gasteiger charge is 2.17. The molecule has 0 saturated carbocycles. The van der Waals surface area contributed by atoms with Gasteiger partial charge >= 0.3 is 0 Å². The van der Waals surface area contributed by atoms with Gasteiger partial charge in [-0.15, -0.1) is 0 Å². The number of aromatic nitrogens is 2. The van der Waals surface area contributed by atoms with E-state index < -0.39 is 0 Å². The molecule has 0 aliphatic heterocycles. The molecule has 1 atom stereocenters. The van der Waals surface area contributed by atoms with Crippen LogP contribution in [0.15, 0.2) is 17.2 Å². The summed E-state index contributed by atoms with van der Waals surface area (Å²) in [6.45, 7) is 3.96. The number of rotatable bonds is 3. The van der Waals surface area contributed by atoms with E-state index in [4.69, 9.17) is 27.9 Å². The van der Waals surface area contributed by atoms with Crippen LogP contribution < -0.4 is 10.3 Å². The topological polar surface area (TPSA) is 44.1 Å². The fraction of sp³-hybridized carbons (Fsp3) is 0.385. The van der Waals surface area contributed by atoms with Crippen molar-refractivity contribution in [1.82, 2.24) is 9.55 Å². The Hall–Kier alpha value is -1.26. The van der Waals surface area contributed by atoms with Crippen molar-refractivity contribution < 1.29 is 4.74 Å². The normalized spacial score (nSPS) is 12.7. The van der Waals surface area contributed by atoms with Crippen molar-refractivity contribution in [2.24, 2.45) is 0 Å². The van der Waals surface area contributed by atoms with Crippen molar-refractivity contribution >= 4 is 34.1 Å². The minimum Gasteiger partial charge on any atom is -0.493 e. The first kappa shape index (κ1) is 14.2. The molecule has 4 nitrogen and oxygen atoms in total. The maximum Gasteiger partial charge on any atom is 0.263 e. The number of hydrogen-bond donors (Lipinski definition) is 0. The van der Waals surface area contributed by atoms with Gasteiger partial charge in [-0.1, -0.05) is 30.1 Å². The number of methoxy groups -OCH3 is 1. The predicted molar refractivity (Wildman–Crippen MR) is 77.6 cm³/mol. The highest BCUT2D eigenvalue weighted by Crippen LogP contribution is 2.35. The average molecular weight is 301 g/mol. The van der Waals surface area contributed by atoms with E-state index in [2.05, 4.69) is 4.98 Å². The molecule has 6 heteroatoms. The number of fused-ring (bicyclic) bond motifs is 1. The second kappa shape index (κ2) is 5.39. The highest BCUT2D eigenvalue weighted by atomic mass is 35.5. The molecule has 0 fully saturated rings. The monoisotopic (exact) mass is 300 g/mol. The molecule has 1 aromatic carbocycles. The van der Waals surface area contributed by atoms with E-state index >= 15 is 0 Å². The molecular formula is C13H14Cl2N2O2. The molecule has 0 amide bonds. The molecule has 2 rings (SSSR count). The first-order valence-electron chi connectivity index (χ1n) is 5.94. The van der Waals surface area contributed by atoms with E-state index in [1.165, 1.54) is 19.5 Å². The summed E-state index contributed by atoms with van der Waals surface area (Å²) in [5, 5.41) is 0.967. The lowest BCUT2D eigenvalue weighted by Gasteiger charge is -2.14. The summed E-state index contributed by atoms with van der Waals surface area (Å²) in [6, 6.07) is 1.57. The molecule has 2 aromatic rings. The second-order valence-corrected chi connectivity index (χ2v) is 5.13. The number of nitrogens with zero attached hydrogens (tertiary/aromatic N) is 2. The van der Waals surface area contributed by atoms with Crippen LogP contribution in [0.25, 0.3) is 10.9 Å². The van der Waals surface area contributed by atoms with Crippen LogP contribution in [0, 0.1) is 0 Å². The molecule has 1 unspecified atom stereocenters. The van der Waals surface area contributed by atoms with Gasteiger partial charge in [-0.05, 0) is 19.4 Å². The Morgan fingerprint density at radius 2 is 2.11 bits per heavy atom. The number of ether oxygens (including phenoxy) is 1. The summed E-state index contributed by atoms with van der Waals surface area (Å²) in [5.41, 5.74) is 0.212. The Labute approximate surface area is 120 Å². The number of benzene rings is 1. The van der Waals surface area contributed by atoms with Crippen molar-refractivity contribution in [3.8, 4) is 5.75 Å². The van der Waals surface area contributed by atoms with E-state index in [0.717, 1.165) is 6.42 Å². The lowest BCUT2D eigenvalue weighted by Crippen LogP contribution is -2.23. The van der Waals surface area contributed by atoms with Gasteiger partial charge in [-0.2, -0.15) is 0 Å². The third-order valence-corrected chi connectivity index (χ3v) is 3.77. The number of hydrogen-bond acceptors (Lipinski definition) is 3. The van der Waals surface area contributed by atoms with Gasteiger partial charge in [-0.3, -0.25) is 9.36 Å². The molecule has 102 valence electrons. The lowest BCUT2D eigenvalue weighted by molar-refractivity contribution is 0.418. The van der Waals surface area contributed by atoms with Crippen LogP contribution in [0.5, 0.6) is 5.75 Å². The fourth-order valence-electron chi connectivity index (χ4n) is 1.92. The van der Waals surface area contributed by atoms with Crippen molar-refractivity contribution in [2.45, 2.75) is 26.3 Å². The molecule has 19 heavy (non-hydrogen) atoms. The maximum absolute atomic E-state index is 12.5. The standard InChI is InChI=1S/C13H14Cl2N2O2/c1-4-7(2)17-6-16-11-10(13(17)18)8(14)5-9(15)12(11)19-3/h5-7H,4H2,1-3H3. The smallest absolute Gasteiger partial charge is 0.263 e. The van der Waals surface area contributed by atoms with Gasteiger partial charge in [0.15, 0.2) is 5.75 Å². The molecule has 0 bridgehead atoms. The van der Waals surface area contributed by atoms with Crippen LogP contribution in [0.3, 0.4) is 0 Å². The Morgan fingerprint density at radius 1 is 1.42 bits per heavy atom. The lowest BCUT2D eigenvalue weighted by atomic mass is 10.2. The Bertz CT molecular complexity index is 682. The first-order chi connectivity index (χ1) is 9.01. The van der Waals surface area contributed by atoms with E-state index in [1.54, 1.807) is 4.57 Å². The van der Waals surface area contributed by atoms with Crippen LogP contribution in [0.1, 0.15) is 26.3 Å². The minimum absolute atomic E-state index is 0.0575. The zero-order valence-electron chi connectivity index (χ0n) is 10.9. The molecule has 1 aromatic heterocycles. The van der Waals surface area contributed by atoms with Crippen LogP contribution in [-0.2, 0) is 0 Å². The van der Waals surface area contributed by atoms with Crippen LogP contribution >= 0.6 is 23.2 Å². The summed E-state index contributed by atoms with van der Waals surface area (Å²) in [5.74, 6) is 0.370. The van der Waals surface area contributed by atoms with Gasteiger partial charge in [-0.25, -0.2) is 4.98 Å². The summed E-state index contributed by atoms with van der Waals surface area (Å²) in [6.07, 6.45) is 2.34. The van der Waals surface area contributed by atoms with Crippen LogP contribution in [-0.4, -0.2) is 16.7 Å². The zero-order chi connectivity index (χ0) is 14.2. The van der Waals surface area contributed by atoms with Gasteiger partial charge in [0.25, 0.3) is 5.56 Å². The van der Waals surface area contributed by atoms with Gasteiger partial charge in [0.1, 0.15) is 5.52 Å². The molecule has 1 heterocycles. The molecule has 0 saturated heterocycles. The van der Waals surface area contributed by atoms with Crippen molar-refractivity contribution in [1.29, 1.82) is 0 Å². The largest absolute Gasteiger partial charge is 0.493 e. The molecule has 0 aliphatic carbocycles. The quantitative estimate of drug-likeness (QED) is 0.868. The molecule has 0 radical (unpaired) electrons. The van der Waals surface area contributed by atoms with E-state index in [9.17, 15) is 4.79 Å². The van der Waals surface area contributed by atoms with Crippen molar-refractivity contribution in [2.75, 3.05) is 7.11 Å². The summed E-state index contributed by atoms with van der Waals surface area (Å²) >= 11 is 12.2. The zero-order valence-corrected chi connectivity index (χ0v) is 12.4. The second-order valence-electron chi connectivity index (χ2n) is 4.31.